The Hall–Kier alpha value is -1.21. The van der Waals surface area contributed by atoms with Gasteiger partial charge in [0.05, 0.1) is 6.20 Å². The van der Waals surface area contributed by atoms with E-state index in [1.54, 1.807) is 7.05 Å². The van der Waals surface area contributed by atoms with Gasteiger partial charge in [0, 0.05) is 7.05 Å². The third kappa shape index (κ3) is 2.24. The molecule has 0 saturated heterocycles. The molecule has 0 bridgehead atoms. The van der Waals surface area contributed by atoms with Crippen molar-refractivity contribution in [1.29, 1.82) is 0 Å². The highest BCUT2D eigenvalue weighted by Gasteiger charge is 2.11. The molecule has 0 N–H and O–H groups in total. The first-order valence-electron chi connectivity index (χ1n) is 3.86. The highest BCUT2D eigenvalue weighted by molar-refractivity contribution is 7.99. The van der Waals surface area contributed by atoms with Gasteiger partial charge < -0.3 is 0 Å². The van der Waals surface area contributed by atoms with Gasteiger partial charge in [0.2, 0.25) is 5.28 Å². The standard InChI is InChI=1S/C7H5ClFN5S/c1-14-7(11-3-12-14)15-5-4(9)2-10-6(8)13-5/h2-3H,1H3. The minimum atomic E-state index is -0.535. The van der Waals surface area contributed by atoms with Crippen molar-refractivity contribution in [2.45, 2.75) is 10.2 Å². The lowest BCUT2D eigenvalue weighted by molar-refractivity contribution is 0.577. The lowest BCUT2D eigenvalue weighted by atomic mass is 10.6. The van der Waals surface area contributed by atoms with Crippen LogP contribution in [0.1, 0.15) is 0 Å². The van der Waals surface area contributed by atoms with Gasteiger partial charge in [-0.15, -0.1) is 0 Å². The molecule has 0 unspecified atom stereocenters. The average Bonchev–Trinajstić information content (AvgIpc) is 2.58. The second-order valence-corrected chi connectivity index (χ2v) is 3.85. The molecule has 0 spiro atoms. The molecule has 0 saturated carbocycles. The van der Waals surface area contributed by atoms with Crippen LogP contribution in [0.25, 0.3) is 0 Å². The zero-order chi connectivity index (χ0) is 10.8. The van der Waals surface area contributed by atoms with E-state index in [9.17, 15) is 4.39 Å². The zero-order valence-electron chi connectivity index (χ0n) is 7.55. The summed E-state index contributed by atoms with van der Waals surface area (Å²) in [5.41, 5.74) is 0. The Labute approximate surface area is 93.7 Å². The molecule has 0 radical (unpaired) electrons. The maximum absolute atomic E-state index is 13.2. The topological polar surface area (TPSA) is 56.5 Å². The minimum absolute atomic E-state index is 0.000989. The zero-order valence-corrected chi connectivity index (χ0v) is 9.13. The normalized spacial score (nSPS) is 10.6. The van der Waals surface area contributed by atoms with E-state index in [1.165, 1.54) is 11.0 Å². The summed E-state index contributed by atoms with van der Waals surface area (Å²) in [4.78, 5) is 11.2. The Bertz CT molecular complexity index is 488. The highest BCUT2D eigenvalue weighted by Crippen LogP contribution is 2.25. The van der Waals surface area contributed by atoms with Gasteiger partial charge >= 0.3 is 0 Å². The molecule has 2 rings (SSSR count). The molecule has 15 heavy (non-hydrogen) atoms. The Morgan fingerprint density at radius 2 is 2.27 bits per heavy atom. The second kappa shape index (κ2) is 4.11. The summed E-state index contributed by atoms with van der Waals surface area (Å²) < 4.78 is 14.7. The molecule has 2 aromatic rings. The van der Waals surface area contributed by atoms with Crippen molar-refractivity contribution in [1.82, 2.24) is 24.7 Å². The van der Waals surface area contributed by atoms with E-state index in [-0.39, 0.29) is 10.3 Å². The molecule has 78 valence electrons. The molecule has 0 amide bonds. The largest absolute Gasteiger partial charge is 0.244 e. The number of hydrogen-bond acceptors (Lipinski definition) is 5. The number of halogens is 2. The maximum atomic E-state index is 13.2. The fraction of sp³-hybridized carbons (Fsp3) is 0.143. The van der Waals surface area contributed by atoms with Gasteiger partial charge in [-0.2, -0.15) is 5.10 Å². The van der Waals surface area contributed by atoms with Crippen LogP contribution < -0.4 is 0 Å². The van der Waals surface area contributed by atoms with Crippen LogP contribution >= 0.6 is 23.4 Å². The summed E-state index contributed by atoms with van der Waals surface area (Å²) in [7, 11) is 1.70. The Morgan fingerprint density at radius 1 is 1.47 bits per heavy atom. The van der Waals surface area contributed by atoms with Crippen molar-refractivity contribution in [2.75, 3.05) is 0 Å². The van der Waals surface area contributed by atoms with Crippen molar-refractivity contribution in [2.24, 2.45) is 7.05 Å². The van der Waals surface area contributed by atoms with Crippen LogP contribution in [-0.2, 0) is 7.05 Å². The van der Waals surface area contributed by atoms with E-state index < -0.39 is 5.82 Å². The minimum Gasteiger partial charge on any atom is -0.244 e. The molecule has 0 aromatic carbocycles. The van der Waals surface area contributed by atoms with Crippen molar-refractivity contribution in [3.63, 3.8) is 0 Å². The van der Waals surface area contributed by atoms with Gasteiger partial charge in [0.15, 0.2) is 11.0 Å². The predicted molar refractivity (Wildman–Crippen MR) is 52.1 cm³/mol. The maximum Gasteiger partial charge on any atom is 0.223 e. The van der Waals surface area contributed by atoms with Crippen LogP contribution in [-0.4, -0.2) is 24.7 Å². The third-order valence-electron chi connectivity index (χ3n) is 1.54. The quantitative estimate of drug-likeness (QED) is 0.594. The first-order valence-corrected chi connectivity index (χ1v) is 5.06. The van der Waals surface area contributed by atoms with E-state index in [4.69, 9.17) is 11.6 Å². The Morgan fingerprint density at radius 3 is 2.93 bits per heavy atom. The van der Waals surface area contributed by atoms with Crippen LogP contribution in [0.3, 0.4) is 0 Å². The molecule has 2 heterocycles. The van der Waals surface area contributed by atoms with E-state index in [0.717, 1.165) is 18.0 Å². The number of aromatic nitrogens is 5. The van der Waals surface area contributed by atoms with E-state index in [2.05, 4.69) is 20.1 Å². The third-order valence-corrected chi connectivity index (χ3v) is 2.75. The van der Waals surface area contributed by atoms with Gasteiger partial charge in [0.25, 0.3) is 0 Å². The molecule has 2 aromatic heterocycles. The summed E-state index contributed by atoms with van der Waals surface area (Å²) in [5, 5.41) is 4.51. The molecule has 0 aliphatic rings. The van der Waals surface area contributed by atoms with Gasteiger partial charge in [-0.25, -0.2) is 24.0 Å². The summed E-state index contributed by atoms with van der Waals surface area (Å²) >= 11 is 6.59. The summed E-state index contributed by atoms with van der Waals surface area (Å²) in [5.74, 6) is -0.535. The second-order valence-electron chi connectivity index (χ2n) is 2.56. The van der Waals surface area contributed by atoms with Gasteiger partial charge in [-0.05, 0) is 23.4 Å². The molecule has 0 fully saturated rings. The number of nitrogens with zero attached hydrogens (tertiary/aromatic N) is 5. The smallest absolute Gasteiger partial charge is 0.223 e. The molecule has 8 heteroatoms. The van der Waals surface area contributed by atoms with Crippen molar-refractivity contribution >= 4 is 23.4 Å². The highest BCUT2D eigenvalue weighted by atomic mass is 35.5. The van der Waals surface area contributed by atoms with Crippen LogP contribution in [0.5, 0.6) is 0 Å². The Balaban J connectivity index is 2.32. The molecule has 0 aliphatic heterocycles. The van der Waals surface area contributed by atoms with Crippen LogP contribution in [0.15, 0.2) is 22.7 Å². The summed E-state index contributed by atoms with van der Waals surface area (Å²) in [6.07, 6.45) is 2.40. The van der Waals surface area contributed by atoms with Crippen LogP contribution in [0.4, 0.5) is 4.39 Å². The fourth-order valence-corrected chi connectivity index (χ4v) is 1.79. The van der Waals surface area contributed by atoms with Crippen molar-refractivity contribution in [3.8, 4) is 0 Å². The van der Waals surface area contributed by atoms with Gasteiger partial charge in [-0.1, -0.05) is 0 Å². The van der Waals surface area contributed by atoms with Crippen LogP contribution in [0.2, 0.25) is 5.28 Å². The summed E-state index contributed by atoms with van der Waals surface area (Å²) in [6, 6.07) is 0. The first kappa shape index (κ1) is 10.3. The molecular formula is C7H5ClFN5S. The van der Waals surface area contributed by atoms with Gasteiger partial charge in [-0.3, -0.25) is 0 Å². The molecular weight excluding hydrogens is 241 g/mol. The number of aryl methyl sites for hydroxylation is 1. The van der Waals surface area contributed by atoms with Crippen LogP contribution in [0, 0.1) is 5.82 Å². The molecule has 0 atom stereocenters. The van der Waals surface area contributed by atoms with E-state index in [0.29, 0.717) is 5.16 Å². The first-order chi connectivity index (χ1) is 7.16. The predicted octanol–water partition coefficient (Wildman–Crippen LogP) is 1.55. The summed E-state index contributed by atoms with van der Waals surface area (Å²) in [6.45, 7) is 0. The van der Waals surface area contributed by atoms with Crippen molar-refractivity contribution in [3.05, 3.63) is 23.6 Å². The average molecular weight is 246 g/mol. The fourth-order valence-electron chi connectivity index (χ4n) is 0.867. The lowest BCUT2D eigenvalue weighted by Gasteiger charge is -2.00. The SMILES string of the molecule is Cn1ncnc1Sc1nc(Cl)ncc1F. The lowest BCUT2D eigenvalue weighted by Crippen LogP contribution is -1.95. The van der Waals surface area contributed by atoms with Crippen molar-refractivity contribution < 1.29 is 4.39 Å². The van der Waals surface area contributed by atoms with E-state index >= 15 is 0 Å². The Kier molecular flexibility index (Phi) is 2.83. The number of rotatable bonds is 2. The number of hydrogen-bond donors (Lipinski definition) is 0. The monoisotopic (exact) mass is 245 g/mol. The van der Waals surface area contributed by atoms with E-state index in [1.807, 2.05) is 0 Å². The molecule has 0 aliphatic carbocycles. The molecule has 5 nitrogen and oxygen atoms in total. The van der Waals surface area contributed by atoms with Gasteiger partial charge in [0.1, 0.15) is 11.4 Å².